The van der Waals surface area contributed by atoms with Crippen molar-refractivity contribution in [3.05, 3.63) is 47.8 Å². The number of anilines is 1. The summed E-state index contributed by atoms with van der Waals surface area (Å²) in [6.45, 7) is 0.424. The van der Waals surface area contributed by atoms with E-state index in [1.54, 1.807) is 24.3 Å². The minimum Gasteiger partial charge on any atom is -0.354 e. The molecule has 0 aliphatic heterocycles. The molecule has 0 unspecified atom stereocenters. The molecule has 0 atom stereocenters. The monoisotopic (exact) mass is 258 g/mol. The lowest BCUT2D eigenvalue weighted by Gasteiger charge is -2.17. The van der Waals surface area contributed by atoms with E-state index in [1.165, 1.54) is 10.7 Å². The zero-order valence-corrected chi connectivity index (χ0v) is 10.2. The van der Waals surface area contributed by atoms with Gasteiger partial charge in [-0.25, -0.2) is 4.39 Å². The highest BCUT2D eigenvalue weighted by Gasteiger charge is 2.08. The third-order valence-corrected chi connectivity index (χ3v) is 2.81. The molecule has 7 heteroatoms. The summed E-state index contributed by atoms with van der Waals surface area (Å²) in [7, 11) is 1.84. The van der Waals surface area contributed by atoms with Crippen LogP contribution in [0.2, 0.25) is 0 Å². The fourth-order valence-corrected chi connectivity index (χ4v) is 1.81. The van der Waals surface area contributed by atoms with Gasteiger partial charge in [-0.3, -0.25) is 0 Å². The van der Waals surface area contributed by atoms with Crippen molar-refractivity contribution in [1.29, 1.82) is 0 Å². The number of hydrogen-bond acceptors (Lipinski definition) is 5. The highest BCUT2D eigenvalue weighted by atomic mass is 19.1. The number of fused-ring (bicyclic) bond motifs is 1. The summed E-state index contributed by atoms with van der Waals surface area (Å²) in [5.41, 5.74) is 1.19. The molecule has 3 rings (SSSR count). The van der Waals surface area contributed by atoms with E-state index >= 15 is 0 Å². The molecule has 19 heavy (non-hydrogen) atoms. The number of nitrogens with zero attached hydrogens (tertiary/aromatic N) is 6. The summed E-state index contributed by atoms with van der Waals surface area (Å²) in [4.78, 5) is 1.83. The number of hydrogen-bond donors (Lipinski definition) is 0. The summed E-state index contributed by atoms with van der Waals surface area (Å²) in [6.07, 6.45) is 0. The average molecular weight is 258 g/mol. The zero-order chi connectivity index (χ0) is 13.2. The Balaban J connectivity index is 1.87. The predicted octanol–water partition coefficient (Wildman–Crippen LogP) is 1.29. The van der Waals surface area contributed by atoms with Gasteiger partial charge in [-0.1, -0.05) is 18.2 Å². The second-order valence-corrected chi connectivity index (χ2v) is 4.17. The largest absolute Gasteiger partial charge is 0.354 e. The molecule has 0 saturated heterocycles. The normalized spacial score (nSPS) is 10.8. The molecule has 96 valence electrons. The first-order valence-electron chi connectivity index (χ1n) is 5.74. The molecular weight excluding hydrogens is 247 g/mol. The quantitative estimate of drug-likeness (QED) is 0.708. The lowest BCUT2D eigenvalue weighted by atomic mass is 10.2. The lowest BCUT2D eigenvalue weighted by molar-refractivity contribution is 0.606. The predicted molar refractivity (Wildman–Crippen MR) is 67.1 cm³/mol. The Kier molecular flexibility index (Phi) is 2.79. The number of halogens is 1. The van der Waals surface area contributed by atoms with Crippen LogP contribution < -0.4 is 4.90 Å². The Labute approximate surface area is 108 Å². The van der Waals surface area contributed by atoms with Crippen LogP contribution in [-0.4, -0.2) is 32.3 Å². The molecule has 1 aromatic carbocycles. The van der Waals surface area contributed by atoms with Crippen LogP contribution >= 0.6 is 0 Å². The van der Waals surface area contributed by atoms with E-state index in [0.29, 0.717) is 23.6 Å². The van der Waals surface area contributed by atoms with E-state index in [-0.39, 0.29) is 5.82 Å². The first kappa shape index (κ1) is 11.5. The van der Waals surface area contributed by atoms with Crippen molar-refractivity contribution in [3.8, 4) is 0 Å². The minimum atomic E-state index is -0.224. The molecule has 0 spiro atoms. The van der Waals surface area contributed by atoms with Gasteiger partial charge >= 0.3 is 0 Å². The molecular formula is C12H11FN6. The maximum atomic E-state index is 13.6. The molecule has 0 N–H and O–H groups in total. The Morgan fingerprint density at radius 3 is 2.89 bits per heavy atom. The highest BCUT2D eigenvalue weighted by Crippen LogP contribution is 2.14. The van der Waals surface area contributed by atoms with Crippen LogP contribution in [0, 0.1) is 5.82 Å². The van der Waals surface area contributed by atoms with Crippen molar-refractivity contribution in [2.24, 2.45) is 0 Å². The topological polar surface area (TPSA) is 59.2 Å². The van der Waals surface area contributed by atoms with Crippen molar-refractivity contribution in [3.63, 3.8) is 0 Å². The average Bonchev–Trinajstić information content (AvgIpc) is 2.88. The summed E-state index contributed by atoms with van der Waals surface area (Å²) >= 11 is 0. The maximum absolute atomic E-state index is 13.6. The van der Waals surface area contributed by atoms with E-state index in [4.69, 9.17) is 0 Å². The molecule has 0 aliphatic carbocycles. The number of benzene rings is 1. The third-order valence-electron chi connectivity index (χ3n) is 2.81. The van der Waals surface area contributed by atoms with E-state index in [9.17, 15) is 4.39 Å². The van der Waals surface area contributed by atoms with Crippen molar-refractivity contribution in [1.82, 2.24) is 25.3 Å². The number of aromatic nitrogens is 5. The van der Waals surface area contributed by atoms with Crippen LogP contribution in [0.15, 0.2) is 36.4 Å². The van der Waals surface area contributed by atoms with E-state index < -0.39 is 0 Å². The van der Waals surface area contributed by atoms with Gasteiger partial charge in [-0.05, 0) is 28.6 Å². The summed E-state index contributed by atoms with van der Waals surface area (Å²) in [5, 5.41) is 15.3. The van der Waals surface area contributed by atoms with E-state index in [0.717, 1.165) is 0 Å². The first-order valence-corrected chi connectivity index (χ1v) is 5.74. The van der Waals surface area contributed by atoms with Gasteiger partial charge in [0.2, 0.25) is 0 Å². The fourth-order valence-electron chi connectivity index (χ4n) is 1.81. The maximum Gasteiger partial charge on any atom is 0.200 e. The molecule has 0 saturated carbocycles. The minimum absolute atomic E-state index is 0.224. The van der Waals surface area contributed by atoms with Crippen LogP contribution in [0.25, 0.3) is 5.65 Å². The SMILES string of the molecule is CN(Cc1ccccc1F)c1ccc2nnnn2n1. The standard InChI is InChI=1S/C12H11FN6/c1-18(8-9-4-2-3-5-10(9)13)12-7-6-11-14-16-17-19(11)15-12/h2-7H,8H2,1H3. The molecule has 2 heterocycles. The van der Waals surface area contributed by atoms with Crippen LogP contribution in [0.3, 0.4) is 0 Å². The zero-order valence-electron chi connectivity index (χ0n) is 10.2. The van der Waals surface area contributed by atoms with E-state index in [2.05, 4.69) is 20.6 Å². The molecule has 0 bridgehead atoms. The Bertz CT molecular complexity index is 710. The third kappa shape index (κ3) is 2.22. The van der Waals surface area contributed by atoms with Crippen LogP contribution in [-0.2, 0) is 6.54 Å². The Morgan fingerprint density at radius 2 is 2.05 bits per heavy atom. The molecule has 3 aromatic rings. The van der Waals surface area contributed by atoms with Crippen LogP contribution in [0.1, 0.15) is 5.56 Å². The lowest BCUT2D eigenvalue weighted by Crippen LogP contribution is -2.19. The van der Waals surface area contributed by atoms with Crippen molar-refractivity contribution >= 4 is 11.5 Å². The van der Waals surface area contributed by atoms with Gasteiger partial charge in [0, 0.05) is 19.2 Å². The van der Waals surface area contributed by atoms with E-state index in [1.807, 2.05) is 18.0 Å². The van der Waals surface area contributed by atoms with Crippen LogP contribution in [0.5, 0.6) is 0 Å². The van der Waals surface area contributed by atoms with Gasteiger partial charge in [0.25, 0.3) is 0 Å². The molecule has 0 aliphatic rings. The molecule has 6 nitrogen and oxygen atoms in total. The summed E-state index contributed by atoms with van der Waals surface area (Å²) in [5.74, 6) is 0.445. The second kappa shape index (κ2) is 4.60. The van der Waals surface area contributed by atoms with Gasteiger partial charge in [0.15, 0.2) is 11.5 Å². The summed E-state index contributed by atoms with van der Waals surface area (Å²) < 4.78 is 14.9. The smallest absolute Gasteiger partial charge is 0.200 e. The Morgan fingerprint density at radius 1 is 1.21 bits per heavy atom. The number of rotatable bonds is 3. The van der Waals surface area contributed by atoms with Gasteiger partial charge in [0.05, 0.1) is 0 Å². The molecule has 0 amide bonds. The van der Waals surface area contributed by atoms with Gasteiger partial charge in [0.1, 0.15) is 5.82 Å². The van der Waals surface area contributed by atoms with Gasteiger partial charge in [-0.2, -0.15) is 0 Å². The van der Waals surface area contributed by atoms with Gasteiger partial charge < -0.3 is 4.90 Å². The summed E-state index contributed by atoms with van der Waals surface area (Å²) in [6, 6.07) is 10.2. The molecule has 0 fully saturated rings. The Hall–Kier alpha value is -2.57. The van der Waals surface area contributed by atoms with Gasteiger partial charge in [-0.15, -0.1) is 14.8 Å². The van der Waals surface area contributed by atoms with Crippen molar-refractivity contribution in [2.45, 2.75) is 6.54 Å². The van der Waals surface area contributed by atoms with Crippen molar-refractivity contribution < 1.29 is 4.39 Å². The number of tetrazole rings is 1. The second-order valence-electron chi connectivity index (χ2n) is 4.17. The fraction of sp³-hybridized carbons (Fsp3) is 0.167. The van der Waals surface area contributed by atoms with Crippen LogP contribution in [0.4, 0.5) is 10.2 Å². The molecule has 2 aromatic heterocycles. The highest BCUT2D eigenvalue weighted by molar-refractivity contribution is 5.44. The molecule has 0 radical (unpaired) electrons. The van der Waals surface area contributed by atoms with Crippen molar-refractivity contribution in [2.75, 3.05) is 11.9 Å². The first-order chi connectivity index (χ1) is 9.24.